The summed E-state index contributed by atoms with van der Waals surface area (Å²) in [6.07, 6.45) is 0.909. The van der Waals surface area contributed by atoms with Crippen molar-refractivity contribution in [2.24, 2.45) is 0 Å². The largest absolute Gasteiger partial charge is 0.491 e. The fourth-order valence-corrected chi connectivity index (χ4v) is 2.19. The molecule has 3 aromatic rings. The van der Waals surface area contributed by atoms with Crippen LogP contribution in [0.4, 0.5) is 5.69 Å². The van der Waals surface area contributed by atoms with Gasteiger partial charge < -0.3 is 14.5 Å². The highest BCUT2D eigenvalue weighted by atomic mass is 16.5. The summed E-state index contributed by atoms with van der Waals surface area (Å²) >= 11 is 0. The quantitative estimate of drug-likeness (QED) is 0.755. The number of hydrogen-bond acceptors (Lipinski definition) is 3. The van der Waals surface area contributed by atoms with Gasteiger partial charge in [0, 0.05) is 5.39 Å². The number of benzene rings is 2. The molecule has 4 nitrogen and oxygen atoms in total. The fourth-order valence-electron chi connectivity index (χ4n) is 2.19. The van der Waals surface area contributed by atoms with E-state index in [1.165, 1.54) is 0 Å². The summed E-state index contributed by atoms with van der Waals surface area (Å²) in [5.41, 5.74) is 1.34. The highest BCUT2D eigenvalue weighted by molar-refractivity contribution is 6.05. The Kier molecular flexibility index (Phi) is 4.10. The molecule has 1 amide bonds. The molecule has 2 aromatic carbocycles. The van der Waals surface area contributed by atoms with E-state index < -0.39 is 0 Å². The van der Waals surface area contributed by atoms with Crippen molar-refractivity contribution in [1.29, 1.82) is 0 Å². The minimum absolute atomic E-state index is 0.284. The number of ether oxygens (including phenoxy) is 1. The number of carbonyl (C=O) groups is 1. The Balaban J connectivity index is 1.82. The van der Waals surface area contributed by atoms with E-state index in [0.717, 1.165) is 11.8 Å². The first-order valence-electron chi connectivity index (χ1n) is 7.29. The standard InChI is InChI=1S/C18H17NO3/c1-2-11-21-16-10-6-4-8-14(16)19-18(20)17-12-13-7-3-5-9-15(13)22-17/h3-10,12H,2,11H2,1H3,(H,19,20). The van der Waals surface area contributed by atoms with Gasteiger partial charge in [0.25, 0.3) is 5.91 Å². The predicted octanol–water partition coefficient (Wildman–Crippen LogP) is 4.47. The lowest BCUT2D eigenvalue weighted by Gasteiger charge is -2.10. The van der Waals surface area contributed by atoms with Crippen molar-refractivity contribution in [2.45, 2.75) is 13.3 Å². The number of rotatable bonds is 5. The van der Waals surface area contributed by atoms with Gasteiger partial charge in [-0.3, -0.25) is 4.79 Å². The van der Waals surface area contributed by atoms with Crippen LogP contribution >= 0.6 is 0 Å². The first-order valence-corrected chi connectivity index (χ1v) is 7.29. The Morgan fingerprint density at radius 1 is 1.14 bits per heavy atom. The number of para-hydroxylation sites is 3. The molecule has 0 saturated heterocycles. The Morgan fingerprint density at radius 3 is 2.73 bits per heavy atom. The lowest BCUT2D eigenvalue weighted by molar-refractivity contribution is 0.0998. The van der Waals surface area contributed by atoms with E-state index in [1.54, 1.807) is 6.07 Å². The molecule has 0 bridgehead atoms. The van der Waals surface area contributed by atoms with Gasteiger partial charge in [0.1, 0.15) is 11.3 Å². The summed E-state index contributed by atoms with van der Waals surface area (Å²) in [7, 11) is 0. The number of carbonyl (C=O) groups excluding carboxylic acids is 1. The van der Waals surface area contributed by atoms with Crippen LogP contribution in [0, 0.1) is 0 Å². The van der Waals surface area contributed by atoms with Crippen molar-refractivity contribution in [2.75, 3.05) is 11.9 Å². The van der Waals surface area contributed by atoms with Crippen molar-refractivity contribution in [1.82, 2.24) is 0 Å². The van der Waals surface area contributed by atoms with Crippen molar-refractivity contribution < 1.29 is 13.9 Å². The molecule has 0 atom stereocenters. The maximum absolute atomic E-state index is 12.3. The van der Waals surface area contributed by atoms with Crippen LogP contribution in [-0.4, -0.2) is 12.5 Å². The molecular weight excluding hydrogens is 278 g/mol. The zero-order valence-corrected chi connectivity index (χ0v) is 12.3. The van der Waals surface area contributed by atoms with Gasteiger partial charge in [0.15, 0.2) is 5.76 Å². The maximum atomic E-state index is 12.3. The minimum Gasteiger partial charge on any atom is -0.491 e. The van der Waals surface area contributed by atoms with Crippen LogP contribution in [0.5, 0.6) is 5.75 Å². The van der Waals surface area contributed by atoms with Crippen molar-refractivity contribution in [3.63, 3.8) is 0 Å². The van der Waals surface area contributed by atoms with Gasteiger partial charge in [-0.2, -0.15) is 0 Å². The molecule has 112 valence electrons. The van der Waals surface area contributed by atoms with Crippen LogP contribution < -0.4 is 10.1 Å². The van der Waals surface area contributed by atoms with Crippen LogP contribution in [-0.2, 0) is 0 Å². The monoisotopic (exact) mass is 295 g/mol. The van der Waals surface area contributed by atoms with Crippen LogP contribution in [0.15, 0.2) is 59.0 Å². The SMILES string of the molecule is CCCOc1ccccc1NC(=O)c1cc2ccccc2o1. The summed E-state index contributed by atoms with van der Waals surface area (Å²) < 4.78 is 11.2. The van der Waals surface area contributed by atoms with E-state index in [2.05, 4.69) is 5.32 Å². The molecule has 1 N–H and O–H groups in total. The van der Waals surface area contributed by atoms with Gasteiger partial charge in [-0.15, -0.1) is 0 Å². The number of nitrogens with one attached hydrogen (secondary N) is 1. The number of furan rings is 1. The van der Waals surface area contributed by atoms with Gasteiger partial charge in [-0.25, -0.2) is 0 Å². The molecule has 4 heteroatoms. The molecule has 0 aliphatic rings. The summed E-state index contributed by atoms with van der Waals surface area (Å²) in [6.45, 7) is 2.65. The average molecular weight is 295 g/mol. The lowest BCUT2D eigenvalue weighted by Crippen LogP contribution is -2.12. The first-order chi connectivity index (χ1) is 10.8. The molecule has 0 unspecified atom stereocenters. The zero-order chi connectivity index (χ0) is 15.4. The summed E-state index contributed by atoms with van der Waals surface area (Å²) in [4.78, 5) is 12.3. The summed E-state index contributed by atoms with van der Waals surface area (Å²) in [6, 6.07) is 16.7. The lowest BCUT2D eigenvalue weighted by atomic mass is 10.2. The molecule has 0 spiro atoms. The first kappa shape index (κ1) is 14.2. The molecular formula is C18H17NO3. The second-order valence-electron chi connectivity index (χ2n) is 4.95. The Morgan fingerprint density at radius 2 is 1.91 bits per heavy atom. The normalized spacial score (nSPS) is 10.6. The average Bonchev–Trinajstić information content (AvgIpc) is 2.98. The number of fused-ring (bicyclic) bond motifs is 1. The van der Waals surface area contributed by atoms with E-state index in [1.807, 2.05) is 55.5 Å². The van der Waals surface area contributed by atoms with E-state index >= 15 is 0 Å². The van der Waals surface area contributed by atoms with E-state index in [4.69, 9.17) is 9.15 Å². The van der Waals surface area contributed by atoms with E-state index in [0.29, 0.717) is 23.6 Å². The fraction of sp³-hybridized carbons (Fsp3) is 0.167. The second-order valence-corrected chi connectivity index (χ2v) is 4.95. The van der Waals surface area contributed by atoms with E-state index in [-0.39, 0.29) is 11.7 Å². The Hall–Kier alpha value is -2.75. The Bertz CT molecular complexity index is 759. The topological polar surface area (TPSA) is 51.5 Å². The Labute approximate surface area is 128 Å². The second kappa shape index (κ2) is 6.35. The molecule has 0 aliphatic heterocycles. The van der Waals surface area contributed by atoms with Crippen LogP contribution in [0.2, 0.25) is 0 Å². The third kappa shape index (κ3) is 2.96. The molecule has 1 heterocycles. The van der Waals surface area contributed by atoms with Gasteiger partial charge in [-0.1, -0.05) is 37.3 Å². The minimum atomic E-state index is -0.288. The highest BCUT2D eigenvalue weighted by Crippen LogP contribution is 2.25. The highest BCUT2D eigenvalue weighted by Gasteiger charge is 2.14. The summed E-state index contributed by atoms with van der Waals surface area (Å²) in [5, 5.41) is 3.74. The van der Waals surface area contributed by atoms with Gasteiger partial charge >= 0.3 is 0 Å². The number of hydrogen-bond donors (Lipinski definition) is 1. The van der Waals surface area contributed by atoms with Crippen LogP contribution in [0.3, 0.4) is 0 Å². The van der Waals surface area contributed by atoms with Gasteiger partial charge in [0.05, 0.1) is 12.3 Å². The van der Waals surface area contributed by atoms with Gasteiger partial charge in [0.2, 0.25) is 0 Å². The third-order valence-corrected chi connectivity index (χ3v) is 3.25. The predicted molar refractivity (Wildman–Crippen MR) is 86.4 cm³/mol. The third-order valence-electron chi connectivity index (χ3n) is 3.25. The number of amides is 1. The van der Waals surface area contributed by atoms with Gasteiger partial charge in [-0.05, 0) is 30.7 Å². The number of anilines is 1. The summed E-state index contributed by atoms with van der Waals surface area (Å²) in [5.74, 6) is 0.657. The van der Waals surface area contributed by atoms with Crippen molar-refractivity contribution >= 4 is 22.6 Å². The molecule has 0 fully saturated rings. The zero-order valence-electron chi connectivity index (χ0n) is 12.3. The van der Waals surface area contributed by atoms with Crippen LogP contribution in [0.1, 0.15) is 23.9 Å². The smallest absolute Gasteiger partial charge is 0.291 e. The molecule has 0 saturated carbocycles. The molecule has 1 aromatic heterocycles. The van der Waals surface area contributed by atoms with E-state index in [9.17, 15) is 4.79 Å². The van der Waals surface area contributed by atoms with Crippen molar-refractivity contribution in [3.05, 3.63) is 60.4 Å². The molecule has 3 rings (SSSR count). The van der Waals surface area contributed by atoms with Crippen LogP contribution in [0.25, 0.3) is 11.0 Å². The maximum Gasteiger partial charge on any atom is 0.291 e. The van der Waals surface area contributed by atoms with Crippen molar-refractivity contribution in [3.8, 4) is 5.75 Å². The molecule has 0 aliphatic carbocycles. The molecule has 22 heavy (non-hydrogen) atoms. The molecule has 0 radical (unpaired) electrons.